The maximum atomic E-state index is 11.6. The molecule has 1 aliphatic carbocycles. The number of halogens is 1. The lowest BCUT2D eigenvalue weighted by molar-refractivity contribution is -0.116. The van der Waals surface area contributed by atoms with Crippen molar-refractivity contribution in [1.82, 2.24) is 5.32 Å². The van der Waals surface area contributed by atoms with Gasteiger partial charge in [0.05, 0.1) is 18.7 Å². The highest BCUT2D eigenvalue weighted by Gasteiger charge is 2.22. The van der Waals surface area contributed by atoms with Gasteiger partial charge in [-0.25, -0.2) is 0 Å². The van der Waals surface area contributed by atoms with Crippen molar-refractivity contribution in [2.45, 2.75) is 25.8 Å². The first-order valence-electron chi connectivity index (χ1n) is 6.63. The molecule has 1 fully saturated rings. The average Bonchev–Trinajstić information content (AvgIpc) is 3.20. The van der Waals surface area contributed by atoms with E-state index in [1.54, 1.807) is 25.3 Å². The largest absolute Gasteiger partial charge is 0.491 e. The lowest BCUT2D eigenvalue weighted by Crippen LogP contribution is -2.22. The second-order valence-corrected chi connectivity index (χ2v) is 4.99. The van der Waals surface area contributed by atoms with Gasteiger partial charge in [0, 0.05) is 12.1 Å². The molecular formula is C15H18ClNO3. The van der Waals surface area contributed by atoms with E-state index in [4.69, 9.17) is 21.1 Å². The molecule has 1 aliphatic rings. The highest BCUT2D eigenvalue weighted by molar-refractivity contribution is 6.32. The van der Waals surface area contributed by atoms with Gasteiger partial charge >= 0.3 is 0 Å². The molecule has 20 heavy (non-hydrogen) atoms. The summed E-state index contributed by atoms with van der Waals surface area (Å²) in [7, 11) is 1.54. The molecular weight excluding hydrogens is 278 g/mol. The van der Waals surface area contributed by atoms with E-state index in [0.29, 0.717) is 29.2 Å². The van der Waals surface area contributed by atoms with Gasteiger partial charge in [0.15, 0.2) is 11.5 Å². The van der Waals surface area contributed by atoms with E-state index >= 15 is 0 Å². The highest BCUT2D eigenvalue weighted by atomic mass is 35.5. The first-order valence-corrected chi connectivity index (χ1v) is 7.00. The predicted octanol–water partition coefficient (Wildman–Crippen LogP) is 3.04. The van der Waals surface area contributed by atoms with Gasteiger partial charge in [-0.15, -0.1) is 0 Å². The smallest absolute Gasteiger partial charge is 0.244 e. The number of rotatable bonds is 6. The zero-order valence-electron chi connectivity index (χ0n) is 11.6. The second kappa shape index (κ2) is 6.66. The molecule has 0 spiro atoms. The van der Waals surface area contributed by atoms with Crippen LogP contribution in [-0.2, 0) is 4.79 Å². The Kier molecular flexibility index (Phi) is 4.90. The van der Waals surface area contributed by atoms with Gasteiger partial charge in [0.25, 0.3) is 0 Å². The Morgan fingerprint density at radius 3 is 2.85 bits per heavy atom. The van der Waals surface area contributed by atoms with Crippen molar-refractivity contribution in [3.8, 4) is 11.5 Å². The first-order chi connectivity index (χ1) is 9.63. The van der Waals surface area contributed by atoms with Gasteiger partial charge in [0.2, 0.25) is 5.91 Å². The van der Waals surface area contributed by atoms with Crippen LogP contribution in [0.3, 0.4) is 0 Å². The van der Waals surface area contributed by atoms with Crippen LogP contribution < -0.4 is 14.8 Å². The summed E-state index contributed by atoms with van der Waals surface area (Å²) in [4.78, 5) is 11.6. The van der Waals surface area contributed by atoms with Crippen LogP contribution in [0.2, 0.25) is 5.02 Å². The molecule has 1 N–H and O–H groups in total. The lowest BCUT2D eigenvalue weighted by atomic mass is 10.2. The van der Waals surface area contributed by atoms with Crippen LogP contribution >= 0.6 is 11.6 Å². The Morgan fingerprint density at radius 2 is 2.25 bits per heavy atom. The van der Waals surface area contributed by atoms with Crippen LogP contribution in [0.5, 0.6) is 11.5 Å². The molecule has 0 unspecified atom stereocenters. The van der Waals surface area contributed by atoms with Crippen molar-refractivity contribution in [2.24, 2.45) is 0 Å². The summed E-state index contributed by atoms with van der Waals surface area (Å²) in [5, 5.41) is 3.35. The Morgan fingerprint density at radius 1 is 1.50 bits per heavy atom. The van der Waals surface area contributed by atoms with E-state index in [9.17, 15) is 4.79 Å². The molecule has 1 aromatic rings. The van der Waals surface area contributed by atoms with Gasteiger partial charge in [-0.1, -0.05) is 11.6 Å². The van der Waals surface area contributed by atoms with Crippen molar-refractivity contribution < 1.29 is 14.3 Å². The summed E-state index contributed by atoms with van der Waals surface area (Å²) in [5.74, 6) is 0.996. The SMILES string of the molecule is CCOc1cc(/C=C/C(=O)NC2CC2)cc(Cl)c1OC. The van der Waals surface area contributed by atoms with Crippen LogP contribution in [0.1, 0.15) is 25.3 Å². The Balaban J connectivity index is 2.14. The normalized spacial score (nSPS) is 14.3. The molecule has 108 valence electrons. The van der Waals surface area contributed by atoms with Crippen molar-refractivity contribution in [3.05, 3.63) is 28.8 Å². The number of methoxy groups -OCH3 is 1. The summed E-state index contributed by atoms with van der Waals surface area (Å²) in [5.41, 5.74) is 0.796. The van der Waals surface area contributed by atoms with Gasteiger partial charge in [0.1, 0.15) is 0 Å². The number of benzene rings is 1. The van der Waals surface area contributed by atoms with Gasteiger partial charge in [-0.3, -0.25) is 4.79 Å². The van der Waals surface area contributed by atoms with E-state index in [-0.39, 0.29) is 5.91 Å². The fourth-order valence-corrected chi connectivity index (χ4v) is 2.09. The van der Waals surface area contributed by atoms with Crippen LogP contribution in [-0.4, -0.2) is 25.7 Å². The molecule has 0 heterocycles. The van der Waals surface area contributed by atoms with Gasteiger partial charge in [-0.2, -0.15) is 0 Å². The number of nitrogens with one attached hydrogen (secondary N) is 1. The molecule has 0 radical (unpaired) electrons. The summed E-state index contributed by atoms with van der Waals surface area (Å²) in [6.07, 6.45) is 5.36. The molecule has 1 aromatic carbocycles. The van der Waals surface area contributed by atoms with E-state index in [2.05, 4.69) is 5.32 Å². The number of carbonyl (C=O) groups is 1. The fourth-order valence-electron chi connectivity index (χ4n) is 1.79. The number of hydrogen-bond donors (Lipinski definition) is 1. The molecule has 1 saturated carbocycles. The molecule has 5 heteroatoms. The monoisotopic (exact) mass is 295 g/mol. The Hall–Kier alpha value is -1.68. The zero-order chi connectivity index (χ0) is 14.5. The van der Waals surface area contributed by atoms with Crippen LogP contribution in [0, 0.1) is 0 Å². The number of amides is 1. The summed E-state index contributed by atoms with van der Waals surface area (Å²) < 4.78 is 10.7. The van der Waals surface area contributed by atoms with Crippen molar-refractivity contribution in [1.29, 1.82) is 0 Å². The number of carbonyl (C=O) groups excluding carboxylic acids is 1. The molecule has 0 aliphatic heterocycles. The van der Waals surface area contributed by atoms with E-state index in [0.717, 1.165) is 18.4 Å². The van der Waals surface area contributed by atoms with Gasteiger partial charge < -0.3 is 14.8 Å². The van der Waals surface area contributed by atoms with E-state index in [1.165, 1.54) is 6.08 Å². The topological polar surface area (TPSA) is 47.6 Å². The number of ether oxygens (including phenoxy) is 2. The molecule has 0 aromatic heterocycles. The van der Waals surface area contributed by atoms with E-state index < -0.39 is 0 Å². The Labute approximate surface area is 123 Å². The van der Waals surface area contributed by atoms with Crippen molar-refractivity contribution in [2.75, 3.05) is 13.7 Å². The minimum atomic E-state index is -0.0857. The molecule has 0 bridgehead atoms. The third-order valence-electron chi connectivity index (χ3n) is 2.89. The maximum Gasteiger partial charge on any atom is 0.244 e. The second-order valence-electron chi connectivity index (χ2n) is 4.58. The first kappa shape index (κ1) is 14.7. The van der Waals surface area contributed by atoms with Gasteiger partial charge in [-0.05, 0) is 43.5 Å². The standard InChI is InChI=1S/C15H18ClNO3/c1-3-20-13-9-10(8-12(16)15(13)19-2)4-7-14(18)17-11-5-6-11/h4,7-9,11H,3,5-6H2,1-2H3,(H,17,18)/b7-4+. The molecule has 4 nitrogen and oxygen atoms in total. The van der Waals surface area contributed by atoms with Crippen LogP contribution in [0.15, 0.2) is 18.2 Å². The minimum absolute atomic E-state index is 0.0857. The van der Waals surface area contributed by atoms with Crippen molar-refractivity contribution in [3.63, 3.8) is 0 Å². The predicted molar refractivity (Wildman–Crippen MR) is 79.4 cm³/mol. The van der Waals surface area contributed by atoms with Crippen LogP contribution in [0.25, 0.3) is 6.08 Å². The molecule has 1 amide bonds. The molecule has 0 saturated heterocycles. The third-order valence-corrected chi connectivity index (χ3v) is 3.17. The third kappa shape index (κ3) is 3.90. The Bertz CT molecular complexity index is 524. The van der Waals surface area contributed by atoms with E-state index in [1.807, 2.05) is 6.92 Å². The zero-order valence-corrected chi connectivity index (χ0v) is 12.4. The van der Waals surface area contributed by atoms with Crippen molar-refractivity contribution >= 4 is 23.6 Å². The minimum Gasteiger partial charge on any atom is -0.491 e. The quantitative estimate of drug-likeness (QED) is 0.821. The molecule has 0 atom stereocenters. The number of hydrogen-bond acceptors (Lipinski definition) is 3. The fraction of sp³-hybridized carbons (Fsp3) is 0.400. The molecule has 2 rings (SSSR count). The summed E-state index contributed by atoms with van der Waals surface area (Å²) in [6, 6.07) is 3.89. The van der Waals surface area contributed by atoms with Crippen LogP contribution in [0.4, 0.5) is 0 Å². The summed E-state index contributed by atoms with van der Waals surface area (Å²) >= 11 is 6.14. The lowest BCUT2D eigenvalue weighted by Gasteiger charge is -2.11. The highest BCUT2D eigenvalue weighted by Crippen LogP contribution is 2.36. The maximum absolute atomic E-state index is 11.6. The average molecular weight is 296 g/mol. The summed E-state index contributed by atoms with van der Waals surface area (Å²) in [6.45, 7) is 2.40.